The molecule has 0 saturated carbocycles. The standard InChI is InChI=1S/C12H16F4N4O3S/c1-4-19-7(3)9(6(2)17-19)24(22,23)20-12(21,11(15)16)5-8(18-20)10(13)14/h10-11,21H,4-5H2,1-3H3/t12-/m0/s1. The first kappa shape index (κ1) is 18.6. The summed E-state index contributed by atoms with van der Waals surface area (Å²) in [7, 11) is -4.81. The fourth-order valence-corrected chi connectivity index (χ4v) is 4.40. The SMILES string of the molecule is CCn1nc(C)c(S(=O)(=O)N2N=C(C(F)F)C[C@]2(O)C(F)F)c1C. The van der Waals surface area contributed by atoms with Gasteiger partial charge in [0.2, 0.25) is 5.72 Å². The molecule has 2 heterocycles. The fraction of sp³-hybridized carbons (Fsp3) is 0.667. The van der Waals surface area contributed by atoms with Crippen LogP contribution in [0.5, 0.6) is 0 Å². The van der Waals surface area contributed by atoms with E-state index in [4.69, 9.17) is 0 Å². The van der Waals surface area contributed by atoms with Crippen molar-refractivity contribution in [3.05, 3.63) is 11.4 Å². The molecule has 12 heteroatoms. The normalized spacial score (nSPS) is 21.9. The summed E-state index contributed by atoms with van der Waals surface area (Å²) in [6, 6.07) is 0. The van der Waals surface area contributed by atoms with Gasteiger partial charge in [0.05, 0.1) is 11.4 Å². The monoisotopic (exact) mass is 372 g/mol. The zero-order valence-electron chi connectivity index (χ0n) is 13.0. The maximum absolute atomic E-state index is 13.2. The van der Waals surface area contributed by atoms with Crippen LogP contribution in [0, 0.1) is 13.8 Å². The number of nitrogens with zero attached hydrogens (tertiary/aromatic N) is 4. The second-order valence-electron chi connectivity index (χ2n) is 5.31. The van der Waals surface area contributed by atoms with Crippen molar-refractivity contribution in [3.63, 3.8) is 0 Å². The number of alkyl halides is 4. The highest BCUT2D eigenvalue weighted by molar-refractivity contribution is 7.89. The molecule has 0 fully saturated rings. The Morgan fingerprint density at radius 3 is 2.29 bits per heavy atom. The van der Waals surface area contributed by atoms with E-state index in [1.165, 1.54) is 18.5 Å². The molecular formula is C12H16F4N4O3S. The molecule has 1 aliphatic rings. The van der Waals surface area contributed by atoms with Crippen LogP contribution in [0.2, 0.25) is 0 Å². The highest BCUT2D eigenvalue weighted by atomic mass is 32.2. The lowest BCUT2D eigenvalue weighted by Gasteiger charge is -2.30. The number of rotatable bonds is 5. The van der Waals surface area contributed by atoms with Crippen LogP contribution in [0.1, 0.15) is 24.7 Å². The first-order valence-electron chi connectivity index (χ1n) is 6.92. The van der Waals surface area contributed by atoms with Crippen molar-refractivity contribution in [2.24, 2.45) is 5.10 Å². The molecule has 0 saturated heterocycles. The van der Waals surface area contributed by atoms with Crippen molar-refractivity contribution < 1.29 is 31.1 Å². The minimum Gasteiger partial charge on any atom is -0.364 e. The Bertz CT molecular complexity index is 778. The molecular weight excluding hydrogens is 356 g/mol. The number of aryl methyl sites for hydroxylation is 2. The Kier molecular flexibility index (Phi) is 4.65. The zero-order chi connectivity index (χ0) is 18.4. The number of hydrogen-bond donors (Lipinski definition) is 1. The summed E-state index contributed by atoms with van der Waals surface area (Å²) in [5.74, 6) is 0. The van der Waals surface area contributed by atoms with Crippen LogP contribution in [-0.2, 0) is 16.6 Å². The van der Waals surface area contributed by atoms with Gasteiger partial charge in [-0.2, -0.15) is 18.6 Å². The Morgan fingerprint density at radius 1 is 1.29 bits per heavy atom. The average Bonchev–Trinajstić information content (AvgIpc) is 2.98. The first-order chi connectivity index (χ1) is 11.0. The van der Waals surface area contributed by atoms with E-state index in [0.29, 0.717) is 6.54 Å². The fourth-order valence-electron chi connectivity index (χ4n) is 2.56. The van der Waals surface area contributed by atoms with E-state index in [2.05, 4.69) is 10.2 Å². The predicted molar refractivity (Wildman–Crippen MR) is 75.4 cm³/mol. The first-order valence-corrected chi connectivity index (χ1v) is 8.36. The molecule has 1 aromatic rings. The van der Waals surface area contributed by atoms with Gasteiger partial charge in [0.25, 0.3) is 22.9 Å². The second-order valence-corrected chi connectivity index (χ2v) is 7.02. The lowest BCUT2D eigenvalue weighted by Crippen LogP contribution is -2.51. The summed E-state index contributed by atoms with van der Waals surface area (Å²) in [6.45, 7) is 4.73. The van der Waals surface area contributed by atoms with Crippen molar-refractivity contribution in [3.8, 4) is 0 Å². The Balaban J connectivity index is 2.64. The number of hydrogen-bond acceptors (Lipinski definition) is 5. The van der Waals surface area contributed by atoms with Gasteiger partial charge in [-0.15, -0.1) is 4.41 Å². The molecule has 1 atom stereocenters. The Labute approximate surface area is 135 Å². The van der Waals surface area contributed by atoms with Crippen LogP contribution in [0.15, 0.2) is 10.00 Å². The highest BCUT2D eigenvalue weighted by Gasteiger charge is 2.56. The maximum Gasteiger partial charge on any atom is 0.288 e. The van der Waals surface area contributed by atoms with Gasteiger partial charge in [-0.3, -0.25) is 4.68 Å². The molecule has 1 aromatic heterocycles. The molecule has 0 amide bonds. The van der Waals surface area contributed by atoms with E-state index in [-0.39, 0.29) is 15.8 Å². The zero-order valence-corrected chi connectivity index (χ0v) is 13.9. The minimum atomic E-state index is -4.81. The molecule has 136 valence electrons. The molecule has 0 aliphatic carbocycles. The summed E-state index contributed by atoms with van der Waals surface area (Å²) < 4.78 is 78.5. The third kappa shape index (κ3) is 2.66. The largest absolute Gasteiger partial charge is 0.364 e. The van der Waals surface area contributed by atoms with Crippen molar-refractivity contribution in [1.82, 2.24) is 14.2 Å². The van der Waals surface area contributed by atoms with Gasteiger partial charge >= 0.3 is 0 Å². The van der Waals surface area contributed by atoms with E-state index in [1.54, 1.807) is 6.92 Å². The highest BCUT2D eigenvalue weighted by Crippen LogP contribution is 2.38. The third-order valence-electron chi connectivity index (χ3n) is 3.69. The van der Waals surface area contributed by atoms with E-state index in [1.807, 2.05) is 0 Å². The van der Waals surface area contributed by atoms with Crippen LogP contribution in [-0.4, -0.2) is 52.0 Å². The number of aromatic nitrogens is 2. The van der Waals surface area contributed by atoms with E-state index >= 15 is 0 Å². The van der Waals surface area contributed by atoms with Crippen molar-refractivity contribution in [2.45, 2.75) is 57.2 Å². The van der Waals surface area contributed by atoms with Gasteiger partial charge in [0.15, 0.2) is 0 Å². The smallest absolute Gasteiger partial charge is 0.288 e. The minimum absolute atomic E-state index is 0.00772. The van der Waals surface area contributed by atoms with Gasteiger partial charge in [-0.1, -0.05) is 0 Å². The maximum atomic E-state index is 13.2. The van der Waals surface area contributed by atoms with Crippen molar-refractivity contribution in [2.75, 3.05) is 0 Å². The van der Waals surface area contributed by atoms with Crippen LogP contribution in [0.3, 0.4) is 0 Å². The van der Waals surface area contributed by atoms with Gasteiger partial charge in [-0.25, -0.2) is 17.6 Å². The van der Waals surface area contributed by atoms with Crippen LogP contribution in [0.25, 0.3) is 0 Å². The average molecular weight is 372 g/mol. The summed E-state index contributed by atoms with van der Waals surface area (Å²) >= 11 is 0. The van der Waals surface area contributed by atoms with Crippen molar-refractivity contribution >= 4 is 15.7 Å². The topological polar surface area (TPSA) is 87.8 Å². The molecule has 7 nitrogen and oxygen atoms in total. The molecule has 1 aliphatic heterocycles. The van der Waals surface area contributed by atoms with Crippen LogP contribution in [0.4, 0.5) is 17.6 Å². The molecule has 24 heavy (non-hydrogen) atoms. The number of hydrazone groups is 1. The summed E-state index contributed by atoms with van der Waals surface area (Å²) in [6.07, 6.45) is -8.17. The lowest BCUT2D eigenvalue weighted by atomic mass is 10.1. The molecule has 0 unspecified atom stereocenters. The van der Waals surface area contributed by atoms with E-state index in [9.17, 15) is 31.1 Å². The Morgan fingerprint density at radius 2 is 1.88 bits per heavy atom. The van der Waals surface area contributed by atoms with E-state index in [0.717, 1.165) is 0 Å². The van der Waals surface area contributed by atoms with Crippen LogP contribution < -0.4 is 0 Å². The summed E-state index contributed by atoms with van der Waals surface area (Å²) in [4.78, 5) is -0.442. The number of aliphatic hydroxyl groups is 1. The Hall–Kier alpha value is -1.69. The van der Waals surface area contributed by atoms with Gasteiger partial charge < -0.3 is 5.11 Å². The van der Waals surface area contributed by atoms with Gasteiger partial charge in [0, 0.05) is 13.0 Å². The summed E-state index contributed by atoms with van der Waals surface area (Å²) in [5, 5.41) is 17.0. The molecule has 0 bridgehead atoms. The predicted octanol–water partition coefficient (Wildman–Crippen LogP) is 1.49. The quantitative estimate of drug-likeness (QED) is 0.794. The molecule has 2 rings (SSSR count). The molecule has 0 aromatic carbocycles. The second kappa shape index (κ2) is 5.99. The molecule has 0 spiro atoms. The summed E-state index contributed by atoms with van der Waals surface area (Å²) in [5.41, 5.74) is -4.36. The van der Waals surface area contributed by atoms with Gasteiger partial charge in [-0.05, 0) is 20.8 Å². The molecule has 1 N–H and O–H groups in total. The molecule has 0 radical (unpaired) electrons. The number of halogens is 4. The lowest BCUT2D eigenvalue weighted by molar-refractivity contribution is -0.150. The number of sulfonamides is 1. The third-order valence-corrected chi connectivity index (χ3v) is 5.65. The van der Waals surface area contributed by atoms with E-state index < -0.39 is 45.6 Å². The van der Waals surface area contributed by atoms with Crippen molar-refractivity contribution in [1.29, 1.82) is 0 Å². The van der Waals surface area contributed by atoms with Gasteiger partial charge in [0.1, 0.15) is 10.6 Å². The van der Waals surface area contributed by atoms with Crippen LogP contribution >= 0.6 is 0 Å².